The number of unbranched alkanes of at least 4 members (excludes halogenated alkanes) is 1. The van der Waals surface area contributed by atoms with Crippen molar-refractivity contribution in [2.45, 2.75) is 19.4 Å². The second kappa shape index (κ2) is 4.72. The van der Waals surface area contributed by atoms with Crippen molar-refractivity contribution in [3.05, 3.63) is 34.7 Å². The third-order valence-corrected chi connectivity index (χ3v) is 1.73. The molecule has 0 saturated carbocycles. The molecule has 0 radical (unpaired) electrons. The van der Waals surface area contributed by atoms with E-state index in [2.05, 4.69) is 0 Å². The number of aryl methyl sites for hydroxylation is 1. The van der Waals surface area contributed by atoms with Crippen LogP contribution in [-0.4, -0.2) is 11.1 Å². The number of pyridine rings is 1. The molecule has 0 amide bonds. The van der Waals surface area contributed by atoms with Crippen molar-refractivity contribution < 1.29 is 0 Å². The molecule has 2 N–H and O–H groups in total. The Morgan fingerprint density at radius 3 is 2.50 bits per heavy atom. The summed E-state index contributed by atoms with van der Waals surface area (Å²) in [7, 11) is 0. The topological polar surface area (TPSA) is 48.0 Å². The average Bonchev–Trinajstić information content (AvgIpc) is 2.09. The monoisotopic (exact) mass is 166 g/mol. The first-order valence-electron chi connectivity index (χ1n) is 4.19. The molecule has 66 valence electrons. The average molecular weight is 166 g/mol. The van der Waals surface area contributed by atoms with Crippen molar-refractivity contribution in [3.63, 3.8) is 0 Å². The standard InChI is InChI=1S/C9H14N2O/c10-5-1-2-6-11-7-3-9(12)4-8-11/h3-4,7-8H,1-2,5-6,10H2. The molecule has 0 fully saturated rings. The zero-order valence-electron chi connectivity index (χ0n) is 7.07. The maximum atomic E-state index is 10.7. The summed E-state index contributed by atoms with van der Waals surface area (Å²) < 4.78 is 2.00. The first kappa shape index (κ1) is 9.00. The Kier molecular flexibility index (Phi) is 3.54. The van der Waals surface area contributed by atoms with Gasteiger partial charge in [-0.05, 0) is 19.4 Å². The van der Waals surface area contributed by atoms with Gasteiger partial charge in [0.2, 0.25) is 0 Å². The quantitative estimate of drug-likeness (QED) is 0.665. The van der Waals surface area contributed by atoms with Gasteiger partial charge < -0.3 is 10.3 Å². The third kappa shape index (κ3) is 2.88. The third-order valence-electron chi connectivity index (χ3n) is 1.73. The highest BCUT2D eigenvalue weighted by molar-refractivity contribution is 4.93. The molecule has 0 unspecified atom stereocenters. The van der Waals surface area contributed by atoms with Gasteiger partial charge >= 0.3 is 0 Å². The summed E-state index contributed by atoms with van der Waals surface area (Å²) in [4.78, 5) is 10.7. The smallest absolute Gasteiger partial charge is 0.181 e. The number of nitrogens with two attached hydrogens (primary N) is 1. The van der Waals surface area contributed by atoms with Crippen LogP contribution in [0.3, 0.4) is 0 Å². The molecule has 0 atom stereocenters. The molecule has 0 aliphatic carbocycles. The van der Waals surface area contributed by atoms with Crippen LogP contribution in [-0.2, 0) is 6.54 Å². The minimum Gasteiger partial charge on any atom is -0.354 e. The highest BCUT2D eigenvalue weighted by Gasteiger charge is 1.88. The second-order valence-electron chi connectivity index (χ2n) is 2.77. The van der Waals surface area contributed by atoms with Crippen LogP contribution in [0.2, 0.25) is 0 Å². The maximum Gasteiger partial charge on any atom is 0.181 e. The molecule has 12 heavy (non-hydrogen) atoms. The summed E-state index contributed by atoms with van der Waals surface area (Å²) in [5, 5.41) is 0. The molecule has 0 spiro atoms. The maximum absolute atomic E-state index is 10.7. The fourth-order valence-electron chi connectivity index (χ4n) is 1.03. The molecule has 1 aromatic heterocycles. The Hall–Kier alpha value is -1.09. The Morgan fingerprint density at radius 1 is 1.25 bits per heavy atom. The lowest BCUT2D eigenvalue weighted by atomic mass is 10.3. The zero-order chi connectivity index (χ0) is 8.81. The van der Waals surface area contributed by atoms with Gasteiger partial charge in [-0.25, -0.2) is 0 Å². The number of rotatable bonds is 4. The fourth-order valence-corrected chi connectivity index (χ4v) is 1.03. The Labute approximate surface area is 71.8 Å². The summed E-state index contributed by atoms with van der Waals surface area (Å²) >= 11 is 0. The van der Waals surface area contributed by atoms with E-state index in [1.165, 1.54) is 0 Å². The van der Waals surface area contributed by atoms with E-state index in [0.717, 1.165) is 25.9 Å². The molecule has 3 nitrogen and oxygen atoms in total. The first-order valence-corrected chi connectivity index (χ1v) is 4.19. The van der Waals surface area contributed by atoms with Crippen LogP contribution in [0.4, 0.5) is 0 Å². The molecule has 0 aliphatic rings. The number of hydrogen-bond donors (Lipinski definition) is 1. The van der Waals surface area contributed by atoms with Crippen molar-refractivity contribution in [1.29, 1.82) is 0 Å². The van der Waals surface area contributed by atoms with Crippen LogP contribution in [0.5, 0.6) is 0 Å². The fraction of sp³-hybridized carbons (Fsp3) is 0.444. The van der Waals surface area contributed by atoms with E-state index in [0.29, 0.717) is 0 Å². The zero-order valence-corrected chi connectivity index (χ0v) is 7.07. The highest BCUT2D eigenvalue weighted by atomic mass is 16.1. The Bertz CT molecular complexity index is 260. The van der Waals surface area contributed by atoms with Crippen LogP contribution >= 0.6 is 0 Å². The van der Waals surface area contributed by atoms with Crippen LogP contribution in [0.1, 0.15) is 12.8 Å². The number of hydrogen-bond acceptors (Lipinski definition) is 2. The normalized spacial score (nSPS) is 10.1. The Morgan fingerprint density at radius 2 is 1.92 bits per heavy atom. The minimum absolute atomic E-state index is 0.0603. The van der Waals surface area contributed by atoms with E-state index >= 15 is 0 Å². The summed E-state index contributed by atoms with van der Waals surface area (Å²) in [5.74, 6) is 0. The first-order chi connectivity index (χ1) is 5.83. The van der Waals surface area contributed by atoms with E-state index in [-0.39, 0.29) is 5.43 Å². The van der Waals surface area contributed by atoms with Gasteiger partial charge in [-0.3, -0.25) is 4.79 Å². The van der Waals surface area contributed by atoms with Gasteiger partial charge in [0.1, 0.15) is 0 Å². The van der Waals surface area contributed by atoms with Gasteiger partial charge in [0.25, 0.3) is 0 Å². The molecular formula is C9H14N2O. The number of nitrogens with zero attached hydrogens (tertiary/aromatic N) is 1. The summed E-state index contributed by atoms with van der Waals surface area (Å²) in [6.45, 7) is 1.68. The molecular weight excluding hydrogens is 152 g/mol. The van der Waals surface area contributed by atoms with Gasteiger partial charge in [0, 0.05) is 31.1 Å². The lowest BCUT2D eigenvalue weighted by molar-refractivity contribution is 0.611. The van der Waals surface area contributed by atoms with E-state index in [1.54, 1.807) is 24.5 Å². The highest BCUT2D eigenvalue weighted by Crippen LogP contribution is 1.92. The van der Waals surface area contributed by atoms with Crippen LogP contribution in [0, 0.1) is 0 Å². The van der Waals surface area contributed by atoms with Crippen molar-refractivity contribution in [2.75, 3.05) is 6.54 Å². The molecule has 1 heterocycles. The van der Waals surface area contributed by atoms with Crippen molar-refractivity contribution in [1.82, 2.24) is 4.57 Å². The molecule has 1 aromatic rings. The molecule has 0 saturated heterocycles. The predicted octanol–water partition coefficient (Wildman–Crippen LogP) is 0.587. The molecule has 1 rings (SSSR count). The Balaban J connectivity index is 2.42. The number of aromatic nitrogens is 1. The van der Waals surface area contributed by atoms with Crippen molar-refractivity contribution in [3.8, 4) is 0 Å². The van der Waals surface area contributed by atoms with E-state index in [4.69, 9.17) is 5.73 Å². The lowest BCUT2D eigenvalue weighted by Crippen LogP contribution is -2.05. The molecule has 0 bridgehead atoms. The predicted molar refractivity (Wildman–Crippen MR) is 49.0 cm³/mol. The largest absolute Gasteiger partial charge is 0.354 e. The van der Waals surface area contributed by atoms with Gasteiger partial charge in [-0.15, -0.1) is 0 Å². The van der Waals surface area contributed by atoms with Crippen LogP contribution < -0.4 is 11.2 Å². The van der Waals surface area contributed by atoms with Crippen molar-refractivity contribution >= 4 is 0 Å². The minimum atomic E-state index is 0.0603. The van der Waals surface area contributed by atoms with Crippen molar-refractivity contribution in [2.24, 2.45) is 5.73 Å². The lowest BCUT2D eigenvalue weighted by Gasteiger charge is -2.03. The molecule has 0 aromatic carbocycles. The van der Waals surface area contributed by atoms with Gasteiger partial charge in [0.15, 0.2) is 5.43 Å². The second-order valence-corrected chi connectivity index (χ2v) is 2.77. The molecule has 3 heteroatoms. The van der Waals surface area contributed by atoms with Crippen LogP contribution in [0.15, 0.2) is 29.3 Å². The summed E-state index contributed by atoms with van der Waals surface area (Å²) in [5.41, 5.74) is 5.42. The van der Waals surface area contributed by atoms with Crippen LogP contribution in [0.25, 0.3) is 0 Å². The van der Waals surface area contributed by atoms with E-state index in [1.807, 2.05) is 4.57 Å². The summed E-state index contributed by atoms with van der Waals surface area (Å²) in [6.07, 6.45) is 5.71. The summed E-state index contributed by atoms with van der Waals surface area (Å²) in [6, 6.07) is 3.14. The van der Waals surface area contributed by atoms with Gasteiger partial charge in [-0.2, -0.15) is 0 Å². The van der Waals surface area contributed by atoms with Gasteiger partial charge in [-0.1, -0.05) is 0 Å². The molecule has 0 aliphatic heterocycles. The van der Waals surface area contributed by atoms with Gasteiger partial charge in [0.05, 0.1) is 0 Å². The SMILES string of the molecule is NCCCCn1ccc(=O)cc1. The van der Waals surface area contributed by atoms with E-state index < -0.39 is 0 Å². The van der Waals surface area contributed by atoms with E-state index in [9.17, 15) is 4.79 Å².